The van der Waals surface area contributed by atoms with Crippen molar-refractivity contribution in [1.29, 1.82) is 0 Å². The molecule has 0 aliphatic rings. The van der Waals surface area contributed by atoms with E-state index in [1.54, 1.807) is 0 Å². The molecule has 0 saturated heterocycles. The number of hydrogen-bond donors (Lipinski definition) is 7. The Balaban J connectivity index is 4.66. The number of phosphoric acid groups is 1. The first-order valence-electron chi connectivity index (χ1n) is 23.3. The fourth-order valence-corrected chi connectivity index (χ4v) is 7.12. The van der Waals surface area contributed by atoms with E-state index in [-0.39, 0.29) is 39.1 Å². The second kappa shape index (κ2) is 41.3. The fourth-order valence-electron chi connectivity index (χ4n) is 6.37. The molecule has 15 heteroatoms. The Bertz CT molecular complexity index is 1110. The Hall–Kier alpha value is -1.71. The Kier molecular flexibility index (Phi) is 40.1. The molecule has 0 aromatic carbocycles. The summed E-state index contributed by atoms with van der Waals surface area (Å²) in [6.45, 7) is 2.03. The first-order chi connectivity index (χ1) is 29.0. The summed E-state index contributed by atoms with van der Waals surface area (Å²) in [5.41, 5.74) is 0. The van der Waals surface area contributed by atoms with Crippen LogP contribution in [0.1, 0.15) is 181 Å². The van der Waals surface area contributed by atoms with Crippen LogP contribution in [0.3, 0.4) is 0 Å². The number of ether oxygens (including phenoxy) is 2. The van der Waals surface area contributed by atoms with Gasteiger partial charge >= 0.3 is 19.8 Å². The maximum atomic E-state index is 12.7. The zero-order valence-corrected chi connectivity index (χ0v) is 38.2. The Morgan fingerprint density at radius 1 is 0.600 bits per heavy atom. The van der Waals surface area contributed by atoms with Gasteiger partial charge in [0, 0.05) is 25.9 Å². The summed E-state index contributed by atoms with van der Waals surface area (Å²) in [6, 6.07) is 0. The number of carbonyl (C=O) groups is 2. The lowest BCUT2D eigenvalue weighted by Gasteiger charge is -2.25. The van der Waals surface area contributed by atoms with Crippen LogP contribution in [0.5, 0.6) is 0 Å². The number of phosphoric ester groups is 1. The van der Waals surface area contributed by atoms with Gasteiger partial charge in [0.25, 0.3) is 0 Å². The van der Waals surface area contributed by atoms with Crippen molar-refractivity contribution >= 4 is 19.8 Å². The van der Waals surface area contributed by atoms with E-state index in [9.17, 15) is 39.5 Å². The maximum absolute atomic E-state index is 12.7. The molecule has 0 spiro atoms. The second-order valence-corrected chi connectivity index (χ2v) is 17.3. The van der Waals surface area contributed by atoms with Gasteiger partial charge in [0.15, 0.2) is 6.10 Å². The van der Waals surface area contributed by atoms with Crippen LogP contribution >= 0.6 is 7.82 Å². The van der Waals surface area contributed by atoms with Gasteiger partial charge in [0.1, 0.15) is 24.9 Å². The summed E-state index contributed by atoms with van der Waals surface area (Å²) in [4.78, 5) is 35.5. The van der Waals surface area contributed by atoms with E-state index in [0.29, 0.717) is 12.8 Å². The van der Waals surface area contributed by atoms with Crippen LogP contribution in [0.2, 0.25) is 0 Å². The second-order valence-electron chi connectivity index (χ2n) is 15.9. The molecule has 60 heavy (non-hydrogen) atoms. The third-order valence-corrected chi connectivity index (χ3v) is 11.2. The molecule has 0 aliphatic carbocycles. The largest absolute Gasteiger partial charge is 0.472 e. The summed E-state index contributed by atoms with van der Waals surface area (Å²) in [5.74, 6) is -0.981. The van der Waals surface area contributed by atoms with Crippen LogP contribution in [0.25, 0.3) is 0 Å². The Morgan fingerprint density at radius 3 is 1.62 bits per heavy atom. The van der Waals surface area contributed by atoms with Crippen molar-refractivity contribution in [3.63, 3.8) is 0 Å². The molecule has 0 amide bonds. The number of nitrogens with one attached hydrogen (secondary N) is 1. The predicted molar refractivity (Wildman–Crippen MR) is 236 cm³/mol. The third kappa shape index (κ3) is 36.9. The molecule has 0 radical (unpaired) electrons. The summed E-state index contributed by atoms with van der Waals surface area (Å²) >= 11 is 0. The van der Waals surface area contributed by atoms with Gasteiger partial charge in [0.05, 0.1) is 25.9 Å². The highest BCUT2D eigenvalue weighted by molar-refractivity contribution is 7.47. The monoisotopic (exact) mass is 880 g/mol. The molecule has 6 atom stereocenters. The minimum Gasteiger partial charge on any atom is -0.462 e. The van der Waals surface area contributed by atoms with E-state index in [1.807, 2.05) is 0 Å². The van der Waals surface area contributed by atoms with Crippen molar-refractivity contribution in [2.75, 3.05) is 39.5 Å². The van der Waals surface area contributed by atoms with Gasteiger partial charge in [0.2, 0.25) is 0 Å². The molecular weight excluding hydrogens is 793 g/mol. The molecule has 0 aromatic rings. The van der Waals surface area contributed by atoms with Crippen molar-refractivity contribution in [3.05, 3.63) is 24.3 Å². The van der Waals surface area contributed by atoms with Gasteiger partial charge in [-0.1, -0.05) is 147 Å². The van der Waals surface area contributed by atoms with Crippen LogP contribution in [0.4, 0.5) is 0 Å². The molecule has 5 unspecified atom stereocenters. The van der Waals surface area contributed by atoms with Crippen LogP contribution in [0.15, 0.2) is 24.3 Å². The van der Waals surface area contributed by atoms with E-state index in [2.05, 4.69) is 43.5 Å². The lowest BCUT2D eigenvalue weighted by atomic mass is 10.0. The Morgan fingerprint density at radius 2 is 1.07 bits per heavy atom. The van der Waals surface area contributed by atoms with Gasteiger partial charge in [-0.25, -0.2) is 4.57 Å². The van der Waals surface area contributed by atoms with E-state index in [4.69, 9.17) is 23.6 Å². The van der Waals surface area contributed by atoms with Crippen molar-refractivity contribution in [3.8, 4) is 0 Å². The highest BCUT2D eigenvalue weighted by atomic mass is 31.2. The molecule has 7 N–H and O–H groups in total. The zero-order valence-electron chi connectivity index (χ0n) is 37.3. The zero-order chi connectivity index (χ0) is 44.5. The van der Waals surface area contributed by atoms with E-state index >= 15 is 0 Å². The minimum atomic E-state index is -4.64. The molecule has 0 bridgehead atoms. The van der Waals surface area contributed by atoms with Crippen molar-refractivity contribution in [2.24, 2.45) is 0 Å². The molecule has 14 nitrogen and oxygen atoms in total. The van der Waals surface area contributed by atoms with Crippen LogP contribution < -0.4 is 5.32 Å². The minimum absolute atomic E-state index is 0.0703. The summed E-state index contributed by atoms with van der Waals surface area (Å²) in [6.07, 6.45) is 28.3. The molecular formula is C45H86NO13P. The Labute approximate surface area is 362 Å². The average molecular weight is 880 g/mol. The van der Waals surface area contributed by atoms with Gasteiger partial charge in [-0.3, -0.25) is 18.6 Å². The number of hydrogen-bond acceptors (Lipinski definition) is 13. The average Bonchev–Trinajstić information content (AvgIpc) is 3.23. The molecule has 0 aliphatic heterocycles. The summed E-state index contributed by atoms with van der Waals surface area (Å²) in [5, 5.41) is 50.6. The van der Waals surface area contributed by atoms with Gasteiger partial charge in [-0.2, -0.15) is 0 Å². The topological polar surface area (TPSA) is 222 Å². The smallest absolute Gasteiger partial charge is 0.462 e. The lowest BCUT2D eigenvalue weighted by molar-refractivity contribution is -0.161. The highest BCUT2D eigenvalue weighted by Gasteiger charge is 2.30. The number of rotatable bonds is 44. The number of allylic oxidation sites excluding steroid dienone is 4. The summed E-state index contributed by atoms with van der Waals surface area (Å²) in [7, 11) is -4.64. The van der Waals surface area contributed by atoms with Gasteiger partial charge in [-0.15, -0.1) is 0 Å². The van der Waals surface area contributed by atoms with Crippen molar-refractivity contribution in [2.45, 2.75) is 211 Å². The van der Waals surface area contributed by atoms with Gasteiger partial charge in [-0.05, 0) is 44.9 Å². The van der Waals surface area contributed by atoms with E-state index in [0.717, 1.165) is 64.2 Å². The molecule has 354 valence electrons. The highest BCUT2D eigenvalue weighted by Crippen LogP contribution is 2.43. The number of unbranched alkanes of at least 4 members (excludes halogenated alkanes) is 20. The van der Waals surface area contributed by atoms with Crippen LogP contribution in [0, 0.1) is 0 Å². The first kappa shape index (κ1) is 58.3. The quantitative estimate of drug-likeness (QED) is 0.0134. The number of aliphatic hydroxyl groups excluding tert-OH is 5. The molecule has 0 fully saturated rings. The van der Waals surface area contributed by atoms with Crippen molar-refractivity contribution in [1.82, 2.24) is 5.32 Å². The number of aliphatic hydroxyl groups is 5. The van der Waals surface area contributed by atoms with Crippen LogP contribution in [-0.2, 0) is 32.7 Å². The normalized spacial score (nSPS) is 15.5. The van der Waals surface area contributed by atoms with Crippen molar-refractivity contribution < 1.29 is 63.1 Å². The number of carbonyl (C=O) groups excluding carboxylic acids is 2. The predicted octanol–water partition coefficient (Wildman–Crippen LogP) is 7.90. The SMILES string of the molecule is CCCCC/C=C\C/C=C\CCCCCCCC(=O)O[C@H](COC(=O)CCCCCCCCCCCCCCC)COP(=O)(O)OCCNCC(O)C(O)C(O)C(O)CO. The first-order valence-corrected chi connectivity index (χ1v) is 24.8. The third-order valence-electron chi connectivity index (χ3n) is 10.2. The molecule has 0 heterocycles. The standard InChI is InChI=1S/C45H86NO13P/c1-3-5-7-9-11-13-15-17-18-20-22-24-26-28-30-32-43(51)59-39(37-56-42(50)31-29-27-25-23-21-19-16-14-12-10-8-6-4-2)38-58-60(54,55)57-34-33-46-35-40(48)44(52)45(53)41(49)36-47/h11,13,17-18,39-41,44-49,52-53H,3-10,12,14-16,19-38H2,1-2H3,(H,54,55)/b13-11-,18-17-/t39-,40?,41?,44?,45?/m1/s1. The van der Waals surface area contributed by atoms with Crippen LogP contribution in [-0.4, -0.2) is 112 Å². The fraction of sp³-hybridized carbons (Fsp3) is 0.867. The maximum Gasteiger partial charge on any atom is 0.472 e. The molecule has 0 saturated carbocycles. The molecule has 0 aromatic heterocycles. The summed E-state index contributed by atoms with van der Waals surface area (Å²) < 4.78 is 33.5. The lowest BCUT2D eigenvalue weighted by Crippen LogP contribution is -2.49. The number of esters is 2. The van der Waals surface area contributed by atoms with E-state index < -0.39 is 63.5 Å². The van der Waals surface area contributed by atoms with Gasteiger partial charge < -0.3 is 45.2 Å². The van der Waals surface area contributed by atoms with E-state index in [1.165, 1.54) is 77.0 Å². The molecule has 0 rings (SSSR count).